The molecule has 2 aliphatic heterocycles. The average molecular weight is 606 g/mol. The van der Waals surface area contributed by atoms with E-state index >= 15 is 0 Å². The third-order valence-electron chi connectivity index (χ3n) is 9.24. The minimum Gasteiger partial charge on any atom is -0.497 e. The maximum atomic E-state index is 14.3. The van der Waals surface area contributed by atoms with Crippen LogP contribution in [0.2, 0.25) is 0 Å². The Balaban J connectivity index is 1.46. The fourth-order valence-corrected chi connectivity index (χ4v) is 7.80. The van der Waals surface area contributed by atoms with Gasteiger partial charge in [-0.3, -0.25) is 9.10 Å². The molecule has 1 saturated carbocycles. The largest absolute Gasteiger partial charge is 0.497 e. The van der Waals surface area contributed by atoms with Gasteiger partial charge in [-0.2, -0.15) is 0 Å². The molecule has 1 aliphatic carbocycles. The third-order valence-corrected chi connectivity index (χ3v) is 11.1. The lowest BCUT2D eigenvalue weighted by atomic mass is 9.65. The number of para-hydroxylation sites is 1. The number of amides is 1. The summed E-state index contributed by atoms with van der Waals surface area (Å²) in [5, 5.41) is 0. The second kappa shape index (κ2) is 11.4. The van der Waals surface area contributed by atoms with Crippen molar-refractivity contribution in [1.82, 2.24) is 4.90 Å². The Bertz CT molecular complexity index is 1610. The van der Waals surface area contributed by atoms with Gasteiger partial charge in [0, 0.05) is 26.2 Å². The number of carbonyl (C=O) groups excluding carboxylic acids is 1. The van der Waals surface area contributed by atoms with Crippen LogP contribution >= 0.6 is 0 Å². The van der Waals surface area contributed by atoms with Crippen molar-refractivity contribution in [1.29, 1.82) is 0 Å². The first-order valence-electron chi connectivity index (χ1n) is 14.8. The molecule has 6 rings (SSSR count). The average Bonchev–Trinajstić information content (AvgIpc) is 3.25. The van der Waals surface area contributed by atoms with Gasteiger partial charge in [0.2, 0.25) is 5.91 Å². The van der Waals surface area contributed by atoms with Crippen molar-refractivity contribution in [3.8, 4) is 17.2 Å². The van der Waals surface area contributed by atoms with Crippen LogP contribution in [-0.4, -0.2) is 66.7 Å². The zero-order valence-corrected chi connectivity index (χ0v) is 26.0. The number of fused-ring (bicyclic) bond motifs is 2. The molecular formula is C33H39N3O6S. The van der Waals surface area contributed by atoms with Crippen LogP contribution in [0.15, 0.2) is 65.6 Å². The van der Waals surface area contributed by atoms with Crippen molar-refractivity contribution in [2.24, 2.45) is 0 Å². The van der Waals surface area contributed by atoms with E-state index in [1.807, 2.05) is 35.2 Å². The van der Waals surface area contributed by atoms with E-state index in [0.29, 0.717) is 18.0 Å². The number of piperidine rings is 1. The fourth-order valence-electron chi connectivity index (χ4n) is 6.46. The highest BCUT2D eigenvalue weighted by atomic mass is 32.2. The van der Waals surface area contributed by atoms with E-state index in [1.165, 1.54) is 11.4 Å². The van der Waals surface area contributed by atoms with Gasteiger partial charge in [-0.15, -0.1) is 0 Å². The molecule has 0 N–H and O–H groups in total. The summed E-state index contributed by atoms with van der Waals surface area (Å²) in [6, 6.07) is 18.0. The molecule has 0 atom stereocenters. The number of anilines is 2. The summed E-state index contributed by atoms with van der Waals surface area (Å²) < 4.78 is 46.6. The standard InChI is InChI=1S/C33H39N3O6S/c1-34-18-14-26(15-19-34)42-29-21-24(35(2)43(38,39)30-9-6-5-8-28(30)41-4)20-27-31(29)36(32(37)33(27)16-7-17-33)22-23-10-12-25(40-3)13-11-23/h5-6,8-13,20-21,26H,7,14-19,22H2,1-4H3. The molecule has 3 aliphatic rings. The van der Waals surface area contributed by atoms with Gasteiger partial charge in [0.1, 0.15) is 28.2 Å². The second-order valence-corrected chi connectivity index (χ2v) is 13.7. The lowest BCUT2D eigenvalue weighted by Crippen LogP contribution is -2.44. The summed E-state index contributed by atoms with van der Waals surface area (Å²) in [4.78, 5) is 18.5. The lowest BCUT2D eigenvalue weighted by molar-refractivity contribution is -0.126. The molecule has 1 saturated heterocycles. The maximum absolute atomic E-state index is 14.3. The number of hydrogen-bond acceptors (Lipinski definition) is 7. The molecule has 0 radical (unpaired) electrons. The van der Waals surface area contributed by atoms with Gasteiger partial charge >= 0.3 is 0 Å². The fraction of sp³-hybridized carbons (Fsp3) is 0.424. The van der Waals surface area contributed by atoms with Crippen LogP contribution in [0.1, 0.15) is 43.2 Å². The number of rotatable bonds is 9. The number of ether oxygens (including phenoxy) is 3. The molecule has 3 aromatic carbocycles. The molecule has 3 aromatic rings. The number of methoxy groups -OCH3 is 2. The quantitative estimate of drug-likeness (QED) is 0.340. The molecule has 1 amide bonds. The molecule has 9 nitrogen and oxygen atoms in total. The molecule has 43 heavy (non-hydrogen) atoms. The Morgan fingerprint density at radius 1 is 0.953 bits per heavy atom. The van der Waals surface area contributed by atoms with Crippen molar-refractivity contribution in [3.05, 3.63) is 71.8 Å². The highest BCUT2D eigenvalue weighted by Crippen LogP contribution is 2.58. The van der Waals surface area contributed by atoms with Crippen molar-refractivity contribution in [2.45, 2.75) is 55.1 Å². The van der Waals surface area contributed by atoms with Crippen molar-refractivity contribution in [3.63, 3.8) is 0 Å². The zero-order valence-electron chi connectivity index (χ0n) is 25.2. The van der Waals surface area contributed by atoms with Crippen LogP contribution in [0.25, 0.3) is 0 Å². The first kappa shape index (κ1) is 29.3. The van der Waals surface area contributed by atoms with Gasteiger partial charge in [-0.25, -0.2) is 8.42 Å². The van der Waals surface area contributed by atoms with Gasteiger partial charge in [0.05, 0.1) is 37.6 Å². The summed E-state index contributed by atoms with van der Waals surface area (Å²) >= 11 is 0. The van der Waals surface area contributed by atoms with E-state index in [9.17, 15) is 13.2 Å². The van der Waals surface area contributed by atoms with Crippen LogP contribution in [0.3, 0.4) is 0 Å². The SMILES string of the molecule is COc1ccc(CN2C(=O)C3(CCC3)c3cc(N(C)S(=O)(=O)c4ccccc4OC)cc(OC4CCN(C)CC4)c32)cc1. The van der Waals surface area contributed by atoms with E-state index in [1.54, 1.807) is 44.5 Å². The van der Waals surface area contributed by atoms with Crippen LogP contribution < -0.4 is 23.4 Å². The molecule has 2 fully saturated rings. The Morgan fingerprint density at radius 3 is 2.28 bits per heavy atom. The molecule has 0 aromatic heterocycles. The number of likely N-dealkylation sites (tertiary alicyclic amines) is 1. The van der Waals surface area contributed by atoms with Gasteiger partial charge < -0.3 is 24.0 Å². The molecule has 2 heterocycles. The minimum absolute atomic E-state index is 0.0393. The molecule has 228 valence electrons. The Labute approximate surface area is 254 Å². The Kier molecular flexibility index (Phi) is 7.76. The number of sulfonamides is 1. The van der Waals surface area contributed by atoms with Crippen LogP contribution in [0.5, 0.6) is 17.2 Å². The highest BCUT2D eigenvalue weighted by molar-refractivity contribution is 7.92. The van der Waals surface area contributed by atoms with Crippen LogP contribution in [0.4, 0.5) is 11.4 Å². The lowest BCUT2D eigenvalue weighted by Gasteiger charge is -2.37. The number of hydrogen-bond donors (Lipinski definition) is 0. The van der Waals surface area contributed by atoms with Crippen molar-refractivity contribution in [2.75, 3.05) is 50.6 Å². The predicted molar refractivity (Wildman–Crippen MR) is 166 cm³/mol. The summed E-state index contributed by atoms with van der Waals surface area (Å²) in [6.07, 6.45) is 4.04. The van der Waals surface area contributed by atoms with Gasteiger partial charge in [-0.05, 0) is 74.2 Å². The topological polar surface area (TPSA) is 88.6 Å². The number of benzene rings is 3. The summed E-state index contributed by atoms with van der Waals surface area (Å²) in [7, 11) is 2.75. The molecule has 0 unspecified atom stereocenters. The summed E-state index contributed by atoms with van der Waals surface area (Å²) in [5.74, 6) is 1.62. The Hall–Kier alpha value is -3.76. The van der Waals surface area contributed by atoms with Crippen LogP contribution in [0, 0.1) is 0 Å². The zero-order chi connectivity index (χ0) is 30.4. The first-order valence-corrected chi connectivity index (χ1v) is 16.2. The van der Waals surface area contributed by atoms with E-state index in [2.05, 4.69) is 11.9 Å². The van der Waals surface area contributed by atoms with Gasteiger partial charge in [0.15, 0.2) is 0 Å². The van der Waals surface area contributed by atoms with Crippen LogP contribution in [-0.2, 0) is 26.8 Å². The molecule has 1 spiro atoms. The summed E-state index contributed by atoms with van der Waals surface area (Å²) in [5.41, 5.74) is 2.35. The maximum Gasteiger partial charge on any atom is 0.267 e. The van der Waals surface area contributed by atoms with Crippen molar-refractivity contribution < 1.29 is 27.4 Å². The van der Waals surface area contributed by atoms with E-state index in [0.717, 1.165) is 67.8 Å². The summed E-state index contributed by atoms with van der Waals surface area (Å²) in [6.45, 7) is 2.20. The van der Waals surface area contributed by atoms with Gasteiger partial charge in [-0.1, -0.05) is 30.7 Å². The Morgan fingerprint density at radius 2 is 1.65 bits per heavy atom. The van der Waals surface area contributed by atoms with E-state index in [-0.39, 0.29) is 22.7 Å². The number of carbonyl (C=O) groups is 1. The van der Waals surface area contributed by atoms with E-state index < -0.39 is 15.4 Å². The highest BCUT2D eigenvalue weighted by Gasteiger charge is 2.56. The third kappa shape index (κ3) is 5.10. The minimum atomic E-state index is -3.98. The number of nitrogens with zero attached hydrogens (tertiary/aromatic N) is 3. The smallest absolute Gasteiger partial charge is 0.267 e. The monoisotopic (exact) mass is 605 g/mol. The molecule has 10 heteroatoms. The normalized spacial score (nSPS) is 18.3. The molecular weight excluding hydrogens is 566 g/mol. The van der Waals surface area contributed by atoms with Crippen molar-refractivity contribution >= 4 is 27.3 Å². The second-order valence-electron chi connectivity index (χ2n) is 11.8. The first-order chi connectivity index (χ1) is 20.7. The molecule has 0 bridgehead atoms. The van der Waals surface area contributed by atoms with E-state index in [4.69, 9.17) is 14.2 Å². The van der Waals surface area contributed by atoms with Gasteiger partial charge in [0.25, 0.3) is 10.0 Å². The predicted octanol–water partition coefficient (Wildman–Crippen LogP) is 4.97.